The Bertz CT molecular complexity index is 1390. The van der Waals surface area contributed by atoms with Gasteiger partial charge in [-0.3, -0.25) is 13.9 Å². The summed E-state index contributed by atoms with van der Waals surface area (Å²) in [4.78, 5) is 26.9. The first-order chi connectivity index (χ1) is 17.2. The summed E-state index contributed by atoms with van der Waals surface area (Å²) in [6.07, 6.45) is 1.35. The molecule has 0 radical (unpaired) electrons. The van der Waals surface area contributed by atoms with Crippen LogP contribution in [-0.2, 0) is 19.6 Å². The lowest BCUT2D eigenvalue weighted by Gasteiger charge is -2.24. The molecule has 1 fully saturated rings. The smallest absolute Gasteiger partial charge is 0.264 e. The Labute approximate surface area is 215 Å². The lowest BCUT2D eigenvalue weighted by Crippen LogP contribution is -2.38. The summed E-state index contributed by atoms with van der Waals surface area (Å²) in [5, 5.41) is 3.11. The van der Waals surface area contributed by atoms with Gasteiger partial charge in [0.15, 0.2) is 0 Å². The van der Waals surface area contributed by atoms with Crippen molar-refractivity contribution in [2.75, 3.05) is 34.7 Å². The Kier molecular flexibility index (Phi) is 7.51. The second-order valence-electron chi connectivity index (χ2n) is 8.37. The van der Waals surface area contributed by atoms with Crippen LogP contribution in [-0.4, -0.2) is 40.4 Å². The third-order valence-electron chi connectivity index (χ3n) is 5.88. The Morgan fingerprint density at radius 3 is 2.47 bits per heavy atom. The number of rotatable bonds is 8. The zero-order chi connectivity index (χ0) is 25.9. The molecule has 1 N–H and O–H groups in total. The van der Waals surface area contributed by atoms with E-state index < -0.39 is 22.5 Å². The number of hydrogen-bond acceptors (Lipinski definition) is 5. The molecule has 4 rings (SSSR count). The molecule has 36 heavy (non-hydrogen) atoms. The molecule has 1 saturated heterocycles. The topological polar surface area (TPSA) is 96.0 Å². The number of nitrogens with one attached hydrogen (secondary N) is 1. The number of aryl methyl sites for hydroxylation is 1. The molecule has 1 heterocycles. The van der Waals surface area contributed by atoms with Crippen molar-refractivity contribution in [3.05, 3.63) is 77.3 Å². The normalized spacial score (nSPS) is 13.5. The van der Waals surface area contributed by atoms with E-state index in [1.54, 1.807) is 53.4 Å². The van der Waals surface area contributed by atoms with Crippen molar-refractivity contribution < 1.29 is 22.7 Å². The highest BCUT2D eigenvalue weighted by molar-refractivity contribution is 7.92. The van der Waals surface area contributed by atoms with Crippen LogP contribution in [0.15, 0.2) is 71.6 Å². The van der Waals surface area contributed by atoms with Crippen molar-refractivity contribution in [3.8, 4) is 5.75 Å². The number of hydrogen-bond donors (Lipinski definition) is 1. The molecule has 1 aliphatic rings. The highest BCUT2D eigenvalue weighted by Crippen LogP contribution is 2.29. The fourth-order valence-corrected chi connectivity index (χ4v) is 5.69. The van der Waals surface area contributed by atoms with Gasteiger partial charge in [0.2, 0.25) is 11.8 Å². The fourth-order valence-electron chi connectivity index (χ4n) is 4.09. The van der Waals surface area contributed by atoms with Gasteiger partial charge in [0.05, 0.1) is 17.7 Å². The van der Waals surface area contributed by atoms with Gasteiger partial charge in [-0.2, -0.15) is 0 Å². The predicted octanol–water partition coefficient (Wildman–Crippen LogP) is 4.62. The third-order valence-corrected chi connectivity index (χ3v) is 7.90. The average molecular weight is 528 g/mol. The van der Waals surface area contributed by atoms with Crippen LogP contribution in [0.4, 0.5) is 17.1 Å². The van der Waals surface area contributed by atoms with Gasteiger partial charge in [-0.05, 0) is 79.6 Å². The monoisotopic (exact) mass is 527 g/mol. The maximum absolute atomic E-state index is 13.5. The summed E-state index contributed by atoms with van der Waals surface area (Å²) in [6.45, 7) is 2.06. The molecule has 188 valence electrons. The molecular weight excluding hydrogens is 502 g/mol. The largest absolute Gasteiger partial charge is 0.497 e. The number of carbonyl (C=O) groups is 2. The first kappa shape index (κ1) is 25.5. The minimum Gasteiger partial charge on any atom is -0.497 e. The van der Waals surface area contributed by atoms with E-state index in [1.807, 2.05) is 6.92 Å². The van der Waals surface area contributed by atoms with E-state index in [2.05, 4.69) is 5.32 Å². The molecule has 0 aliphatic carbocycles. The summed E-state index contributed by atoms with van der Waals surface area (Å²) < 4.78 is 33.2. The molecule has 8 nitrogen and oxygen atoms in total. The number of carbonyl (C=O) groups excluding carboxylic acids is 2. The van der Waals surface area contributed by atoms with E-state index in [4.69, 9.17) is 16.3 Å². The van der Waals surface area contributed by atoms with Crippen LogP contribution in [0.1, 0.15) is 18.4 Å². The SMILES string of the molecule is COc1ccc(S(=O)(=O)N(CC(=O)Nc2ccc(N3CCCC3=O)c(C)c2)c2cccc(Cl)c2)cc1. The van der Waals surface area contributed by atoms with Crippen LogP contribution in [0.25, 0.3) is 0 Å². The maximum Gasteiger partial charge on any atom is 0.264 e. The molecule has 10 heteroatoms. The summed E-state index contributed by atoms with van der Waals surface area (Å²) in [5.74, 6) is 0.0581. The molecule has 2 amide bonds. The van der Waals surface area contributed by atoms with Crippen LogP contribution in [0.2, 0.25) is 5.02 Å². The predicted molar refractivity (Wildman–Crippen MR) is 140 cm³/mol. The molecule has 0 bridgehead atoms. The molecule has 0 aromatic heterocycles. The van der Waals surface area contributed by atoms with E-state index in [-0.39, 0.29) is 16.5 Å². The lowest BCUT2D eigenvalue weighted by atomic mass is 10.1. The van der Waals surface area contributed by atoms with Crippen molar-refractivity contribution in [1.82, 2.24) is 0 Å². The molecule has 3 aromatic carbocycles. The number of methoxy groups -OCH3 is 1. The quantitative estimate of drug-likeness (QED) is 0.461. The maximum atomic E-state index is 13.5. The van der Waals surface area contributed by atoms with Gasteiger partial charge in [-0.15, -0.1) is 0 Å². The van der Waals surface area contributed by atoms with Crippen LogP contribution in [0.5, 0.6) is 5.75 Å². The summed E-state index contributed by atoms with van der Waals surface area (Å²) in [6, 6.07) is 17.5. The van der Waals surface area contributed by atoms with E-state index in [0.717, 1.165) is 22.0 Å². The number of amides is 2. The standard InChI is InChI=1S/C26H26ClN3O5S/c1-18-15-20(8-13-24(18)29-14-4-7-26(29)32)28-25(31)17-30(21-6-3-5-19(27)16-21)36(33,34)23-11-9-22(35-2)10-12-23/h3,5-6,8-13,15-16H,4,7,14,17H2,1-2H3,(H,28,31). The van der Waals surface area contributed by atoms with Crippen molar-refractivity contribution in [3.63, 3.8) is 0 Å². The van der Waals surface area contributed by atoms with Crippen molar-refractivity contribution in [2.24, 2.45) is 0 Å². The van der Waals surface area contributed by atoms with Crippen molar-refractivity contribution in [1.29, 1.82) is 0 Å². The van der Waals surface area contributed by atoms with Gasteiger partial charge in [0, 0.05) is 29.4 Å². The van der Waals surface area contributed by atoms with Crippen molar-refractivity contribution >= 4 is 50.5 Å². The number of ether oxygens (including phenoxy) is 1. The van der Waals surface area contributed by atoms with E-state index in [0.29, 0.717) is 29.4 Å². The number of halogens is 1. The van der Waals surface area contributed by atoms with Gasteiger partial charge in [-0.1, -0.05) is 17.7 Å². The first-order valence-corrected chi connectivity index (χ1v) is 13.1. The number of anilines is 3. The van der Waals surface area contributed by atoms with Crippen LogP contribution >= 0.6 is 11.6 Å². The van der Waals surface area contributed by atoms with Gasteiger partial charge in [0.25, 0.3) is 10.0 Å². The highest BCUT2D eigenvalue weighted by Gasteiger charge is 2.28. The van der Waals surface area contributed by atoms with Gasteiger partial charge >= 0.3 is 0 Å². The van der Waals surface area contributed by atoms with E-state index >= 15 is 0 Å². The molecule has 3 aromatic rings. The number of nitrogens with zero attached hydrogens (tertiary/aromatic N) is 2. The summed E-state index contributed by atoms with van der Waals surface area (Å²) in [7, 11) is -2.61. The Morgan fingerprint density at radius 1 is 1.11 bits per heavy atom. The summed E-state index contributed by atoms with van der Waals surface area (Å²) >= 11 is 6.12. The minimum absolute atomic E-state index is 0.00607. The molecule has 0 spiro atoms. The lowest BCUT2D eigenvalue weighted by molar-refractivity contribution is -0.117. The first-order valence-electron chi connectivity index (χ1n) is 11.3. The summed E-state index contributed by atoms with van der Waals surface area (Å²) in [5.41, 5.74) is 2.40. The van der Waals surface area contributed by atoms with Crippen LogP contribution in [0, 0.1) is 6.92 Å². The molecule has 0 saturated carbocycles. The van der Waals surface area contributed by atoms with Crippen molar-refractivity contribution in [2.45, 2.75) is 24.7 Å². The molecule has 1 aliphatic heterocycles. The second-order valence-corrected chi connectivity index (χ2v) is 10.7. The van der Waals surface area contributed by atoms with E-state index in [1.165, 1.54) is 25.3 Å². The Balaban J connectivity index is 1.58. The van der Waals surface area contributed by atoms with Gasteiger partial charge in [-0.25, -0.2) is 8.42 Å². The zero-order valence-corrected chi connectivity index (χ0v) is 21.5. The highest BCUT2D eigenvalue weighted by atomic mass is 35.5. The van der Waals surface area contributed by atoms with Crippen LogP contribution < -0.4 is 19.3 Å². The molecular formula is C26H26ClN3O5S. The third kappa shape index (κ3) is 5.47. The van der Waals surface area contributed by atoms with E-state index in [9.17, 15) is 18.0 Å². The number of benzene rings is 3. The Morgan fingerprint density at radius 2 is 1.86 bits per heavy atom. The molecule has 0 unspecified atom stereocenters. The fraction of sp³-hybridized carbons (Fsp3) is 0.231. The second kappa shape index (κ2) is 10.6. The van der Waals surface area contributed by atoms with Gasteiger partial charge in [0.1, 0.15) is 12.3 Å². The zero-order valence-electron chi connectivity index (χ0n) is 19.9. The average Bonchev–Trinajstić information content (AvgIpc) is 3.28. The number of sulfonamides is 1. The Hall–Kier alpha value is -3.56. The molecule has 0 atom stereocenters. The van der Waals surface area contributed by atoms with Crippen LogP contribution in [0.3, 0.4) is 0 Å². The van der Waals surface area contributed by atoms with Gasteiger partial charge < -0.3 is 15.0 Å². The minimum atomic E-state index is -4.10.